The zero-order chi connectivity index (χ0) is 21.9. The second kappa shape index (κ2) is 11.9. The largest absolute Gasteiger partial charge is 0.490 e. The molecule has 0 fully saturated rings. The molecule has 30 heavy (non-hydrogen) atoms. The van der Waals surface area contributed by atoms with E-state index in [0.717, 1.165) is 5.56 Å². The summed E-state index contributed by atoms with van der Waals surface area (Å²) in [4.78, 5) is 24.3. The maximum absolute atomic E-state index is 12.2. The maximum atomic E-state index is 12.2. The molecule has 0 unspecified atom stereocenters. The number of ether oxygens (including phenoxy) is 4. The average molecular weight is 433 g/mol. The van der Waals surface area contributed by atoms with Crippen molar-refractivity contribution in [2.24, 2.45) is 0 Å². The van der Waals surface area contributed by atoms with Gasteiger partial charge in [-0.25, -0.2) is 9.59 Å². The number of carbonyl (C=O) groups is 2. The van der Waals surface area contributed by atoms with Gasteiger partial charge in [0.25, 0.3) is 0 Å². The van der Waals surface area contributed by atoms with E-state index in [-0.39, 0.29) is 18.8 Å². The van der Waals surface area contributed by atoms with Gasteiger partial charge in [-0.05, 0) is 62.2 Å². The van der Waals surface area contributed by atoms with Crippen LogP contribution in [0.15, 0.2) is 48.0 Å². The van der Waals surface area contributed by atoms with E-state index in [1.54, 1.807) is 44.2 Å². The molecule has 0 N–H and O–H groups in total. The molecule has 2 aromatic rings. The van der Waals surface area contributed by atoms with Crippen LogP contribution >= 0.6 is 11.6 Å². The third-order valence-electron chi connectivity index (χ3n) is 3.88. The normalized spacial score (nSPS) is 10.1. The van der Waals surface area contributed by atoms with E-state index in [1.807, 2.05) is 19.1 Å². The minimum absolute atomic E-state index is 0.150. The lowest BCUT2D eigenvalue weighted by Gasteiger charge is -2.13. The van der Waals surface area contributed by atoms with E-state index in [4.69, 9.17) is 30.5 Å². The third-order valence-corrected chi connectivity index (χ3v) is 4.13. The average Bonchev–Trinajstić information content (AvgIpc) is 2.73. The molecule has 0 saturated heterocycles. The molecule has 0 aliphatic rings. The fraction of sp³-hybridized carbons (Fsp3) is 0.304. The highest BCUT2D eigenvalue weighted by Gasteiger charge is 2.21. The van der Waals surface area contributed by atoms with Gasteiger partial charge in [0.15, 0.2) is 11.5 Å². The van der Waals surface area contributed by atoms with Crippen LogP contribution in [0.1, 0.15) is 31.9 Å². The minimum atomic E-state index is -0.739. The number of rotatable bonds is 10. The van der Waals surface area contributed by atoms with Crippen LogP contribution in [0.2, 0.25) is 5.02 Å². The second-order valence-electron chi connectivity index (χ2n) is 6.05. The fourth-order valence-electron chi connectivity index (χ4n) is 2.53. The van der Waals surface area contributed by atoms with Gasteiger partial charge in [-0.3, -0.25) is 0 Å². The third kappa shape index (κ3) is 6.81. The Hall–Kier alpha value is -2.99. The Balaban J connectivity index is 2.28. The summed E-state index contributed by atoms with van der Waals surface area (Å²) in [5.41, 5.74) is 1.35. The summed E-state index contributed by atoms with van der Waals surface area (Å²) < 4.78 is 21.5. The number of carbonyl (C=O) groups excluding carboxylic acids is 2. The molecule has 0 aliphatic heterocycles. The van der Waals surface area contributed by atoms with Crippen molar-refractivity contribution in [3.8, 4) is 11.5 Å². The zero-order valence-electron chi connectivity index (χ0n) is 17.3. The lowest BCUT2D eigenvalue weighted by atomic mass is 10.1. The Kier molecular flexibility index (Phi) is 9.22. The first-order valence-corrected chi connectivity index (χ1v) is 10.1. The first-order valence-electron chi connectivity index (χ1n) is 9.68. The fourth-order valence-corrected chi connectivity index (χ4v) is 2.66. The van der Waals surface area contributed by atoms with Crippen LogP contribution < -0.4 is 9.47 Å². The van der Waals surface area contributed by atoms with Gasteiger partial charge in [0.2, 0.25) is 0 Å². The van der Waals surface area contributed by atoms with Crippen LogP contribution in [-0.4, -0.2) is 31.8 Å². The lowest BCUT2D eigenvalue weighted by molar-refractivity contribution is -0.146. The smallest absolute Gasteiger partial charge is 0.345 e. The van der Waals surface area contributed by atoms with Crippen molar-refractivity contribution < 1.29 is 28.5 Å². The van der Waals surface area contributed by atoms with Crippen molar-refractivity contribution in [2.45, 2.75) is 27.4 Å². The summed E-state index contributed by atoms with van der Waals surface area (Å²) >= 11 is 5.91. The van der Waals surface area contributed by atoms with Gasteiger partial charge in [0, 0.05) is 5.02 Å². The summed E-state index contributed by atoms with van der Waals surface area (Å²) in [6.45, 7) is 6.25. The van der Waals surface area contributed by atoms with Crippen molar-refractivity contribution in [1.29, 1.82) is 0 Å². The molecule has 0 heterocycles. The molecule has 6 nitrogen and oxygen atoms in total. The van der Waals surface area contributed by atoms with Crippen LogP contribution in [0, 0.1) is 0 Å². The second-order valence-corrected chi connectivity index (χ2v) is 6.49. The minimum Gasteiger partial charge on any atom is -0.490 e. The summed E-state index contributed by atoms with van der Waals surface area (Å²) in [5.74, 6) is -0.445. The van der Waals surface area contributed by atoms with Crippen molar-refractivity contribution >= 4 is 29.6 Å². The van der Waals surface area contributed by atoms with Crippen LogP contribution in [-0.2, 0) is 25.7 Å². The molecule has 0 bridgehead atoms. The van der Waals surface area contributed by atoms with E-state index >= 15 is 0 Å². The molecule has 0 amide bonds. The van der Waals surface area contributed by atoms with E-state index in [9.17, 15) is 9.59 Å². The maximum Gasteiger partial charge on any atom is 0.345 e. The first-order chi connectivity index (χ1) is 14.5. The van der Waals surface area contributed by atoms with Gasteiger partial charge in [-0.1, -0.05) is 29.8 Å². The molecular weight excluding hydrogens is 408 g/mol. The van der Waals surface area contributed by atoms with E-state index in [1.165, 1.54) is 6.08 Å². The van der Waals surface area contributed by atoms with Crippen LogP contribution in [0.4, 0.5) is 0 Å². The van der Waals surface area contributed by atoms with E-state index in [2.05, 4.69) is 0 Å². The Morgan fingerprint density at radius 2 is 1.47 bits per heavy atom. The SMILES string of the molecule is CCOC(=O)C(=Cc1ccc(OCc2ccc(Cl)cc2)c(OCC)c1)C(=O)OCC. The van der Waals surface area contributed by atoms with Crippen LogP contribution in [0.25, 0.3) is 6.08 Å². The summed E-state index contributed by atoms with van der Waals surface area (Å²) in [6.07, 6.45) is 1.42. The standard InChI is InChI=1S/C23H25ClO6/c1-4-27-21-14-17(13-19(22(25)28-5-2)23(26)29-6-3)9-12-20(21)30-15-16-7-10-18(24)11-8-16/h7-14H,4-6,15H2,1-3H3. The van der Waals surface area contributed by atoms with E-state index < -0.39 is 11.9 Å². The molecule has 0 aromatic heterocycles. The molecule has 0 spiro atoms. The number of benzene rings is 2. The highest BCUT2D eigenvalue weighted by molar-refractivity contribution is 6.30. The van der Waals surface area contributed by atoms with Crippen molar-refractivity contribution in [3.05, 3.63) is 64.2 Å². The van der Waals surface area contributed by atoms with Gasteiger partial charge in [0.05, 0.1) is 19.8 Å². The number of halogens is 1. The molecule has 2 rings (SSSR count). The van der Waals surface area contributed by atoms with Crippen molar-refractivity contribution in [1.82, 2.24) is 0 Å². The summed E-state index contributed by atoms with van der Waals surface area (Å²) in [6, 6.07) is 12.5. The Bertz CT molecular complexity index is 869. The first kappa shape index (κ1) is 23.3. The van der Waals surface area contributed by atoms with Crippen LogP contribution in [0.5, 0.6) is 11.5 Å². The lowest BCUT2D eigenvalue weighted by Crippen LogP contribution is -2.18. The van der Waals surface area contributed by atoms with Gasteiger partial charge >= 0.3 is 11.9 Å². The molecular formula is C23H25ClO6. The Morgan fingerprint density at radius 3 is 2.03 bits per heavy atom. The molecule has 0 atom stereocenters. The molecule has 0 saturated carbocycles. The number of esters is 2. The van der Waals surface area contributed by atoms with Gasteiger partial charge in [0.1, 0.15) is 12.2 Å². The van der Waals surface area contributed by atoms with Gasteiger partial charge < -0.3 is 18.9 Å². The van der Waals surface area contributed by atoms with Gasteiger partial charge in [-0.15, -0.1) is 0 Å². The van der Waals surface area contributed by atoms with Gasteiger partial charge in [-0.2, -0.15) is 0 Å². The van der Waals surface area contributed by atoms with Crippen LogP contribution in [0.3, 0.4) is 0 Å². The monoisotopic (exact) mass is 432 g/mol. The van der Waals surface area contributed by atoms with Crippen molar-refractivity contribution in [3.63, 3.8) is 0 Å². The Morgan fingerprint density at radius 1 is 0.833 bits per heavy atom. The molecule has 7 heteroatoms. The molecule has 160 valence electrons. The summed E-state index contributed by atoms with van der Waals surface area (Å²) in [5, 5.41) is 0.656. The molecule has 2 aromatic carbocycles. The summed E-state index contributed by atoms with van der Waals surface area (Å²) in [7, 11) is 0. The quantitative estimate of drug-likeness (QED) is 0.232. The molecule has 0 aliphatic carbocycles. The zero-order valence-corrected chi connectivity index (χ0v) is 18.0. The topological polar surface area (TPSA) is 71.1 Å². The number of hydrogen-bond donors (Lipinski definition) is 0. The predicted molar refractivity (Wildman–Crippen MR) is 115 cm³/mol. The van der Waals surface area contributed by atoms with Crippen molar-refractivity contribution in [2.75, 3.05) is 19.8 Å². The highest BCUT2D eigenvalue weighted by atomic mass is 35.5. The van der Waals surface area contributed by atoms with E-state index in [0.29, 0.717) is 35.3 Å². The number of hydrogen-bond acceptors (Lipinski definition) is 6. The Labute approximate surface area is 181 Å². The predicted octanol–water partition coefficient (Wildman–Crippen LogP) is 4.83. The highest BCUT2D eigenvalue weighted by Crippen LogP contribution is 2.30. The molecule has 0 radical (unpaired) electrons.